The van der Waals surface area contributed by atoms with Crippen LogP contribution in [0, 0.1) is 13.8 Å². The molecule has 1 fully saturated rings. The maximum atomic E-state index is 12.9. The molecule has 0 atom stereocenters. The summed E-state index contributed by atoms with van der Waals surface area (Å²) < 4.78 is 33.2. The highest BCUT2D eigenvalue weighted by atomic mass is 32.2. The van der Waals surface area contributed by atoms with E-state index in [0.717, 1.165) is 16.7 Å². The number of nitrogens with zero attached hydrogens (tertiary/aromatic N) is 4. The molecule has 3 aromatic rings. The van der Waals surface area contributed by atoms with Crippen molar-refractivity contribution in [2.45, 2.75) is 18.7 Å². The van der Waals surface area contributed by atoms with Crippen LogP contribution >= 0.6 is 0 Å². The van der Waals surface area contributed by atoms with Crippen LogP contribution in [0.15, 0.2) is 57.8 Å². The van der Waals surface area contributed by atoms with Crippen molar-refractivity contribution in [3.8, 4) is 11.5 Å². The lowest BCUT2D eigenvalue weighted by atomic mass is 10.1. The minimum atomic E-state index is -3.50. The van der Waals surface area contributed by atoms with Gasteiger partial charge in [-0.2, -0.15) is 4.31 Å². The van der Waals surface area contributed by atoms with Crippen LogP contribution < -0.4 is 4.90 Å². The van der Waals surface area contributed by atoms with Crippen molar-refractivity contribution < 1.29 is 12.8 Å². The number of aromatic nitrogens is 2. The van der Waals surface area contributed by atoms with E-state index in [1.165, 1.54) is 4.31 Å². The van der Waals surface area contributed by atoms with Crippen LogP contribution in [0.1, 0.15) is 11.1 Å². The molecule has 1 saturated heterocycles. The molecular weight excluding hydrogens is 376 g/mol. The molecule has 4 rings (SSSR count). The van der Waals surface area contributed by atoms with Gasteiger partial charge in [0.15, 0.2) is 0 Å². The van der Waals surface area contributed by atoms with Crippen LogP contribution in [0.5, 0.6) is 0 Å². The Hall–Kier alpha value is -2.71. The minimum absolute atomic E-state index is 0.341. The van der Waals surface area contributed by atoms with E-state index in [1.54, 1.807) is 12.1 Å². The van der Waals surface area contributed by atoms with Crippen molar-refractivity contribution in [3.05, 3.63) is 59.7 Å². The Morgan fingerprint density at radius 3 is 2.29 bits per heavy atom. The van der Waals surface area contributed by atoms with Crippen molar-refractivity contribution in [1.82, 2.24) is 14.5 Å². The second-order valence-electron chi connectivity index (χ2n) is 6.89. The number of anilines is 1. The summed E-state index contributed by atoms with van der Waals surface area (Å²) in [6.45, 7) is 5.64. The Kier molecular flexibility index (Phi) is 4.91. The zero-order valence-electron chi connectivity index (χ0n) is 15.9. The van der Waals surface area contributed by atoms with E-state index in [0.29, 0.717) is 43.0 Å². The van der Waals surface area contributed by atoms with E-state index < -0.39 is 10.0 Å². The summed E-state index contributed by atoms with van der Waals surface area (Å²) in [5.41, 5.74) is 2.91. The Morgan fingerprint density at radius 1 is 0.893 bits per heavy atom. The predicted octanol–water partition coefficient (Wildman–Crippen LogP) is 2.86. The van der Waals surface area contributed by atoms with Crippen molar-refractivity contribution in [2.75, 3.05) is 31.1 Å². The van der Waals surface area contributed by atoms with Gasteiger partial charge < -0.3 is 9.32 Å². The van der Waals surface area contributed by atoms with Crippen LogP contribution in [-0.4, -0.2) is 49.1 Å². The lowest BCUT2D eigenvalue weighted by Crippen LogP contribution is -2.48. The minimum Gasteiger partial charge on any atom is -0.403 e. The van der Waals surface area contributed by atoms with Crippen molar-refractivity contribution in [1.29, 1.82) is 0 Å². The average molecular weight is 398 g/mol. The summed E-state index contributed by atoms with van der Waals surface area (Å²) in [7, 11) is -3.50. The number of hydrogen-bond donors (Lipinski definition) is 0. The average Bonchev–Trinajstić information content (AvgIpc) is 3.21. The number of piperazine rings is 1. The van der Waals surface area contributed by atoms with Gasteiger partial charge in [0.2, 0.25) is 15.9 Å². The van der Waals surface area contributed by atoms with Crippen LogP contribution in [-0.2, 0) is 10.0 Å². The fourth-order valence-corrected chi connectivity index (χ4v) is 4.69. The molecule has 1 aliphatic rings. The molecule has 2 heterocycles. The maximum absolute atomic E-state index is 12.9. The van der Waals surface area contributed by atoms with Gasteiger partial charge in [0.1, 0.15) is 0 Å². The highest BCUT2D eigenvalue weighted by Crippen LogP contribution is 2.24. The first-order valence-electron chi connectivity index (χ1n) is 9.16. The summed E-state index contributed by atoms with van der Waals surface area (Å²) in [4.78, 5) is 2.26. The third-order valence-electron chi connectivity index (χ3n) is 5.06. The van der Waals surface area contributed by atoms with Gasteiger partial charge in [0.05, 0.1) is 4.90 Å². The third-order valence-corrected chi connectivity index (χ3v) is 6.96. The highest BCUT2D eigenvalue weighted by molar-refractivity contribution is 7.89. The first-order chi connectivity index (χ1) is 13.4. The lowest BCUT2D eigenvalue weighted by Gasteiger charge is -2.32. The molecule has 0 aliphatic carbocycles. The van der Waals surface area contributed by atoms with Gasteiger partial charge in [-0.05, 0) is 49.2 Å². The Bertz CT molecular complexity index is 1070. The molecule has 1 aliphatic heterocycles. The monoisotopic (exact) mass is 398 g/mol. The van der Waals surface area contributed by atoms with E-state index in [4.69, 9.17) is 4.42 Å². The number of benzene rings is 2. The van der Waals surface area contributed by atoms with E-state index >= 15 is 0 Å². The van der Waals surface area contributed by atoms with Gasteiger partial charge in [-0.1, -0.05) is 29.4 Å². The topological polar surface area (TPSA) is 79.5 Å². The second kappa shape index (κ2) is 7.37. The molecular formula is C20H22N4O3S. The molecule has 1 aromatic heterocycles. The largest absolute Gasteiger partial charge is 0.403 e. The van der Waals surface area contributed by atoms with E-state index in [1.807, 2.05) is 55.1 Å². The zero-order chi connectivity index (χ0) is 19.7. The summed E-state index contributed by atoms with van der Waals surface area (Å²) in [6.07, 6.45) is 0. The van der Waals surface area contributed by atoms with Crippen LogP contribution in [0.4, 0.5) is 6.01 Å². The molecule has 28 heavy (non-hydrogen) atoms. The molecule has 0 radical (unpaired) electrons. The highest BCUT2D eigenvalue weighted by Gasteiger charge is 2.30. The van der Waals surface area contributed by atoms with E-state index in [9.17, 15) is 8.42 Å². The summed E-state index contributed by atoms with van der Waals surface area (Å²) in [6, 6.07) is 15.2. The third kappa shape index (κ3) is 3.53. The van der Waals surface area contributed by atoms with Gasteiger partial charge in [-0.25, -0.2) is 8.42 Å². The Balaban J connectivity index is 1.46. The Labute approximate surface area is 164 Å². The number of sulfonamides is 1. The molecule has 0 amide bonds. The molecule has 0 bridgehead atoms. The first kappa shape index (κ1) is 18.6. The second-order valence-corrected chi connectivity index (χ2v) is 8.83. The quantitative estimate of drug-likeness (QED) is 0.672. The SMILES string of the molecule is Cc1ccc(S(=O)(=O)N2CCN(c3nnc(-c4ccccc4)o3)CC2)cc1C. The standard InChI is InChI=1S/C20H22N4O3S/c1-15-8-9-18(14-16(15)2)28(25,26)24-12-10-23(11-13-24)20-22-21-19(27-20)17-6-4-3-5-7-17/h3-9,14H,10-13H2,1-2H3. The molecule has 0 saturated carbocycles. The van der Waals surface area contributed by atoms with Crippen LogP contribution in [0.25, 0.3) is 11.5 Å². The zero-order valence-corrected chi connectivity index (χ0v) is 16.7. The van der Waals surface area contributed by atoms with Crippen molar-refractivity contribution in [2.24, 2.45) is 0 Å². The molecule has 0 unspecified atom stereocenters. The number of aryl methyl sites for hydroxylation is 2. The van der Waals surface area contributed by atoms with Crippen molar-refractivity contribution in [3.63, 3.8) is 0 Å². The van der Waals surface area contributed by atoms with Crippen LogP contribution in [0.2, 0.25) is 0 Å². The Morgan fingerprint density at radius 2 is 1.61 bits per heavy atom. The normalized spacial score (nSPS) is 15.7. The van der Waals surface area contributed by atoms with Gasteiger partial charge in [0.25, 0.3) is 0 Å². The molecule has 146 valence electrons. The smallest absolute Gasteiger partial charge is 0.318 e. The summed E-state index contributed by atoms with van der Waals surface area (Å²) in [5, 5.41) is 8.23. The number of rotatable bonds is 4. The predicted molar refractivity (Wildman–Crippen MR) is 107 cm³/mol. The lowest BCUT2D eigenvalue weighted by molar-refractivity contribution is 0.372. The van der Waals surface area contributed by atoms with Gasteiger partial charge in [-0.15, -0.1) is 5.10 Å². The van der Waals surface area contributed by atoms with Gasteiger partial charge in [0, 0.05) is 31.7 Å². The molecule has 2 aromatic carbocycles. The van der Waals surface area contributed by atoms with Crippen molar-refractivity contribution >= 4 is 16.0 Å². The maximum Gasteiger partial charge on any atom is 0.318 e. The van der Waals surface area contributed by atoms with Gasteiger partial charge >= 0.3 is 6.01 Å². The molecule has 0 spiro atoms. The van der Waals surface area contributed by atoms with Gasteiger partial charge in [-0.3, -0.25) is 0 Å². The van der Waals surface area contributed by atoms with E-state index in [-0.39, 0.29) is 0 Å². The fraction of sp³-hybridized carbons (Fsp3) is 0.300. The molecule has 8 heteroatoms. The number of hydrogen-bond acceptors (Lipinski definition) is 6. The fourth-order valence-electron chi connectivity index (χ4n) is 3.18. The van der Waals surface area contributed by atoms with Crippen LogP contribution in [0.3, 0.4) is 0 Å². The summed E-state index contributed by atoms with van der Waals surface area (Å²) >= 11 is 0. The molecule has 0 N–H and O–H groups in total. The summed E-state index contributed by atoms with van der Waals surface area (Å²) in [5.74, 6) is 0.459. The molecule has 7 nitrogen and oxygen atoms in total. The van der Waals surface area contributed by atoms with E-state index in [2.05, 4.69) is 10.2 Å². The first-order valence-corrected chi connectivity index (χ1v) is 10.6.